The molecule has 1 aromatic rings. The van der Waals surface area contributed by atoms with Gasteiger partial charge in [0.2, 0.25) is 0 Å². The fourth-order valence-corrected chi connectivity index (χ4v) is 3.06. The maximum atomic E-state index is 12.0. The highest BCUT2D eigenvalue weighted by Crippen LogP contribution is 2.26. The zero-order chi connectivity index (χ0) is 16.1. The number of anilines is 1. The summed E-state index contributed by atoms with van der Waals surface area (Å²) in [6.07, 6.45) is 5.34. The van der Waals surface area contributed by atoms with Crippen molar-refractivity contribution in [1.82, 2.24) is 5.32 Å². The zero-order valence-corrected chi connectivity index (χ0v) is 13.9. The van der Waals surface area contributed by atoms with Crippen LogP contribution in [0.4, 0.5) is 5.69 Å². The van der Waals surface area contributed by atoms with E-state index in [1.54, 1.807) is 18.2 Å². The molecular formula is C17H23ClN2O2. The number of benzene rings is 1. The maximum Gasteiger partial charge on any atom is 0.313 e. The normalized spacial score (nSPS) is 21.2. The van der Waals surface area contributed by atoms with Crippen LogP contribution in [-0.2, 0) is 9.59 Å². The van der Waals surface area contributed by atoms with E-state index >= 15 is 0 Å². The lowest BCUT2D eigenvalue weighted by molar-refractivity contribution is -0.136. The van der Waals surface area contributed by atoms with E-state index in [9.17, 15) is 9.59 Å². The van der Waals surface area contributed by atoms with E-state index in [4.69, 9.17) is 11.6 Å². The van der Waals surface area contributed by atoms with Crippen molar-refractivity contribution in [2.75, 3.05) is 5.32 Å². The lowest BCUT2D eigenvalue weighted by atomic mass is 9.84. The Morgan fingerprint density at radius 3 is 2.50 bits per heavy atom. The summed E-state index contributed by atoms with van der Waals surface area (Å²) in [6, 6.07) is 5.34. The summed E-state index contributed by atoms with van der Waals surface area (Å²) in [5.74, 6) is -0.446. The molecule has 2 amide bonds. The summed E-state index contributed by atoms with van der Waals surface area (Å²) in [5.41, 5.74) is 1.33. The van der Waals surface area contributed by atoms with Gasteiger partial charge < -0.3 is 10.6 Å². The van der Waals surface area contributed by atoms with Crippen molar-refractivity contribution in [1.29, 1.82) is 0 Å². The first-order valence-corrected chi connectivity index (χ1v) is 8.26. The van der Waals surface area contributed by atoms with E-state index in [2.05, 4.69) is 17.6 Å². The highest BCUT2D eigenvalue weighted by Gasteiger charge is 2.24. The molecule has 2 rings (SSSR count). The van der Waals surface area contributed by atoms with Crippen LogP contribution in [0.25, 0.3) is 0 Å². The van der Waals surface area contributed by atoms with Crippen LogP contribution in [0.3, 0.4) is 0 Å². The minimum Gasteiger partial charge on any atom is -0.345 e. The number of carbonyl (C=O) groups is 2. The number of carbonyl (C=O) groups excluding carboxylic acids is 2. The Hall–Kier alpha value is -1.55. The third-order valence-corrected chi connectivity index (χ3v) is 4.89. The van der Waals surface area contributed by atoms with Crippen LogP contribution in [0, 0.1) is 12.8 Å². The van der Waals surface area contributed by atoms with Gasteiger partial charge >= 0.3 is 11.8 Å². The van der Waals surface area contributed by atoms with E-state index in [-0.39, 0.29) is 6.04 Å². The van der Waals surface area contributed by atoms with Gasteiger partial charge in [-0.25, -0.2) is 0 Å². The Morgan fingerprint density at radius 2 is 1.86 bits per heavy atom. The van der Waals surface area contributed by atoms with Crippen LogP contribution >= 0.6 is 11.6 Å². The summed E-state index contributed by atoms with van der Waals surface area (Å²) in [6.45, 7) is 4.01. The van der Waals surface area contributed by atoms with Gasteiger partial charge in [0.05, 0.1) is 0 Å². The molecule has 120 valence electrons. The predicted octanol–water partition coefficient (Wildman–Crippen LogP) is 3.67. The largest absolute Gasteiger partial charge is 0.345 e. The lowest BCUT2D eigenvalue weighted by Crippen LogP contribution is -2.43. The first-order chi connectivity index (χ1) is 10.5. The highest BCUT2D eigenvalue weighted by atomic mass is 35.5. The Kier molecular flexibility index (Phi) is 5.83. The fourth-order valence-electron chi connectivity index (χ4n) is 2.89. The molecule has 0 unspecified atom stereocenters. The van der Waals surface area contributed by atoms with Crippen LogP contribution in [0.15, 0.2) is 18.2 Å². The summed E-state index contributed by atoms with van der Waals surface area (Å²) < 4.78 is 0. The molecule has 1 aliphatic carbocycles. The smallest absolute Gasteiger partial charge is 0.313 e. The molecule has 2 N–H and O–H groups in total. The van der Waals surface area contributed by atoms with E-state index in [1.165, 1.54) is 6.42 Å². The molecule has 0 radical (unpaired) electrons. The fraction of sp³-hybridized carbons (Fsp3) is 0.529. The standard InChI is InChI=1S/C17H23ClN2O2/c1-3-12-7-9-13(10-8-12)19-16(21)17(22)20-15-6-4-5-14(18)11(15)2/h4-6,12-13H,3,7-10H2,1-2H3,(H,19,21)(H,20,22). The van der Waals surface area contributed by atoms with Crippen LogP contribution in [0.2, 0.25) is 5.02 Å². The number of rotatable bonds is 3. The second-order valence-electron chi connectivity index (χ2n) is 5.97. The molecule has 4 nitrogen and oxygen atoms in total. The van der Waals surface area contributed by atoms with Gasteiger partial charge in [0.1, 0.15) is 0 Å². The maximum absolute atomic E-state index is 12.0. The summed E-state index contributed by atoms with van der Waals surface area (Å²) in [4.78, 5) is 24.0. The lowest BCUT2D eigenvalue weighted by Gasteiger charge is -2.28. The molecule has 0 heterocycles. The number of amides is 2. The van der Waals surface area contributed by atoms with Crippen molar-refractivity contribution in [3.05, 3.63) is 28.8 Å². The van der Waals surface area contributed by atoms with Crippen molar-refractivity contribution < 1.29 is 9.59 Å². The van der Waals surface area contributed by atoms with Gasteiger partial charge in [-0.15, -0.1) is 0 Å². The third kappa shape index (κ3) is 4.23. The average Bonchev–Trinajstić information content (AvgIpc) is 2.52. The van der Waals surface area contributed by atoms with Gasteiger partial charge in [-0.05, 0) is 56.2 Å². The molecule has 22 heavy (non-hydrogen) atoms. The molecule has 1 fully saturated rings. The van der Waals surface area contributed by atoms with Crippen LogP contribution < -0.4 is 10.6 Å². The number of hydrogen-bond donors (Lipinski definition) is 2. The molecule has 5 heteroatoms. The zero-order valence-electron chi connectivity index (χ0n) is 13.1. The van der Waals surface area contributed by atoms with Crippen molar-refractivity contribution >= 4 is 29.1 Å². The second kappa shape index (κ2) is 7.63. The van der Waals surface area contributed by atoms with E-state index < -0.39 is 11.8 Å². The topological polar surface area (TPSA) is 58.2 Å². The molecule has 0 aromatic heterocycles. The Bertz CT molecular complexity index is 552. The van der Waals surface area contributed by atoms with Crippen LogP contribution in [0.5, 0.6) is 0 Å². The molecule has 1 aliphatic rings. The molecule has 0 atom stereocenters. The minimum absolute atomic E-state index is 0.113. The molecular weight excluding hydrogens is 300 g/mol. The number of halogens is 1. The summed E-state index contributed by atoms with van der Waals surface area (Å²) in [5, 5.41) is 6.02. The van der Waals surface area contributed by atoms with E-state index in [0.717, 1.165) is 37.2 Å². The number of nitrogens with one attached hydrogen (secondary N) is 2. The molecule has 1 saturated carbocycles. The van der Waals surface area contributed by atoms with Crippen molar-refractivity contribution in [2.45, 2.75) is 52.0 Å². The van der Waals surface area contributed by atoms with Crippen molar-refractivity contribution in [3.8, 4) is 0 Å². The minimum atomic E-state index is -0.636. The van der Waals surface area contributed by atoms with Gasteiger partial charge in [0.15, 0.2) is 0 Å². The van der Waals surface area contributed by atoms with Crippen LogP contribution in [0.1, 0.15) is 44.6 Å². The molecule has 0 saturated heterocycles. The van der Waals surface area contributed by atoms with Gasteiger partial charge in [0.25, 0.3) is 0 Å². The summed E-state index contributed by atoms with van der Waals surface area (Å²) in [7, 11) is 0. The van der Waals surface area contributed by atoms with Gasteiger partial charge in [0, 0.05) is 16.8 Å². The second-order valence-corrected chi connectivity index (χ2v) is 6.37. The predicted molar refractivity (Wildman–Crippen MR) is 89.0 cm³/mol. The summed E-state index contributed by atoms with van der Waals surface area (Å²) >= 11 is 6.01. The highest BCUT2D eigenvalue weighted by molar-refractivity contribution is 6.40. The Morgan fingerprint density at radius 1 is 1.18 bits per heavy atom. The third-order valence-electron chi connectivity index (χ3n) is 4.48. The van der Waals surface area contributed by atoms with Crippen molar-refractivity contribution in [2.24, 2.45) is 5.92 Å². The Labute approximate surface area is 136 Å². The Balaban J connectivity index is 1.87. The van der Waals surface area contributed by atoms with Crippen LogP contribution in [-0.4, -0.2) is 17.9 Å². The number of hydrogen-bond acceptors (Lipinski definition) is 2. The molecule has 0 aliphatic heterocycles. The van der Waals surface area contributed by atoms with E-state index in [0.29, 0.717) is 10.7 Å². The molecule has 0 bridgehead atoms. The monoisotopic (exact) mass is 322 g/mol. The van der Waals surface area contributed by atoms with Gasteiger partial charge in [-0.1, -0.05) is 31.0 Å². The quantitative estimate of drug-likeness (QED) is 0.834. The van der Waals surface area contributed by atoms with Gasteiger partial charge in [-0.3, -0.25) is 9.59 Å². The first-order valence-electron chi connectivity index (χ1n) is 7.88. The molecule has 0 spiro atoms. The van der Waals surface area contributed by atoms with Crippen molar-refractivity contribution in [3.63, 3.8) is 0 Å². The van der Waals surface area contributed by atoms with Gasteiger partial charge in [-0.2, -0.15) is 0 Å². The van der Waals surface area contributed by atoms with E-state index in [1.807, 2.05) is 6.92 Å². The SMILES string of the molecule is CCC1CCC(NC(=O)C(=O)Nc2cccc(Cl)c2C)CC1. The average molecular weight is 323 g/mol. The first kappa shape index (κ1) is 16.8. The molecule has 1 aromatic carbocycles.